The van der Waals surface area contributed by atoms with Crippen molar-refractivity contribution in [3.63, 3.8) is 0 Å². The number of hydrogen-bond donors (Lipinski definition) is 2. The molecule has 19 nitrogen and oxygen atoms in total. The van der Waals surface area contributed by atoms with E-state index in [9.17, 15) is 9.90 Å². The Labute approximate surface area is 378 Å². The summed E-state index contributed by atoms with van der Waals surface area (Å²) in [6.07, 6.45) is 11.8. The molecule has 0 spiro atoms. The van der Waals surface area contributed by atoms with Gasteiger partial charge in [0.15, 0.2) is 5.65 Å². The fourth-order valence-electron chi connectivity index (χ4n) is 6.62. The zero-order chi connectivity index (χ0) is 45.3. The third kappa shape index (κ3) is 21.3. The Morgan fingerprint density at radius 3 is 1.97 bits per heavy atom. The summed E-state index contributed by atoms with van der Waals surface area (Å²) in [6.45, 7) is 13.4. The fraction of sp³-hybridized carbons (Fsp3) is 0.689. The standard InChI is InChI=1S/C45H73N7O12/c1-4-39-37-48-52-41(34-42(49-45(39)52)51-14-6-5-8-40(51)12-16-53)46-35-38-10-11-43(47-36-38)64-33-32-63-31-30-62-29-28-61-27-26-60-25-24-59-23-22-58-21-20-57-19-18-56-17-15-50(2)13-7-9-44(54)55-3/h7,9-11,34,36-37,40,46,53H,4-6,8,12-33,35H2,1-3H3/b9-7+/t40-/m0/s1. The number of carbonyl (C=O) groups excluding carboxylic acids is 1. The molecule has 1 atom stereocenters. The highest BCUT2D eigenvalue weighted by Crippen LogP contribution is 2.29. The van der Waals surface area contributed by atoms with Crippen LogP contribution in [0.4, 0.5) is 11.6 Å². The number of ether oxygens (including phenoxy) is 10. The number of aromatic nitrogens is 4. The Morgan fingerprint density at radius 2 is 1.42 bits per heavy atom. The number of piperidine rings is 1. The van der Waals surface area contributed by atoms with Crippen LogP contribution in [0.1, 0.15) is 43.7 Å². The van der Waals surface area contributed by atoms with Crippen LogP contribution in [0.5, 0.6) is 5.88 Å². The molecule has 1 fully saturated rings. The maximum absolute atomic E-state index is 11.1. The van der Waals surface area contributed by atoms with E-state index < -0.39 is 0 Å². The van der Waals surface area contributed by atoms with Gasteiger partial charge in [-0.3, -0.25) is 0 Å². The first kappa shape index (κ1) is 52.6. The average molecular weight is 904 g/mol. The van der Waals surface area contributed by atoms with Crippen molar-refractivity contribution < 1.29 is 57.3 Å². The maximum Gasteiger partial charge on any atom is 0.330 e. The Morgan fingerprint density at radius 1 is 0.828 bits per heavy atom. The number of carbonyl (C=O) groups is 1. The molecule has 0 aliphatic carbocycles. The molecule has 3 aromatic rings. The van der Waals surface area contributed by atoms with Crippen LogP contribution in [0.2, 0.25) is 0 Å². The molecule has 4 rings (SSSR count). The van der Waals surface area contributed by atoms with Crippen molar-refractivity contribution in [1.82, 2.24) is 24.5 Å². The fourth-order valence-corrected chi connectivity index (χ4v) is 6.62. The first-order valence-electron chi connectivity index (χ1n) is 22.6. The van der Waals surface area contributed by atoms with Gasteiger partial charge in [0, 0.05) is 68.8 Å². The van der Waals surface area contributed by atoms with Crippen LogP contribution in [-0.2, 0) is 60.4 Å². The maximum atomic E-state index is 11.1. The van der Waals surface area contributed by atoms with Crippen molar-refractivity contribution in [3.05, 3.63) is 53.9 Å². The van der Waals surface area contributed by atoms with Crippen molar-refractivity contribution >= 4 is 23.3 Å². The number of fused-ring (bicyclic) bond motifs is 1. The van der Waals surface area contributed by atoms with Gasteiger partial charge in [0.05, 0.1) is 119 Å². The summed E-state index contributed by atoms with van der Waals surface area (Å²) in [7, 11) is 3.31. The lowest BCUT2D eigenvalue weighted by Crippen LogP contribution is -2.40. The number of esters is 1. The molecule has 0 radical (unpaired) electrons. The van der Waals surface area contributed by atoms with E-state index in [2.05, 4.69) is 38.0 Å². The van der Waals surface area contributed by atoms with Crippen LogP contribution in [0.3, 0.4) is 0 Å². The summed E-state index contributed by atoms with van der Waals surface area (Å²) < 4.78 is 56.6. The molecule has 360 valence electrons. The number of nitrogens with one attached hydrogen (secondary N) is 1. The number of likely N-dealkylation sites (N-methyl/N-ethyl adjacent to an activating group) is 1. The zero-order valence-corrected chi connectivity index (χ0v) is 38.3. The second-order valence-corrected chi connectivity index (χ2v) is 14.9. The van der Waals surface area contributed by atoms with E-state index in [1.807, 2.05) is 41.0 Å². The first-order chi connectivity index (χ1) is 31.5. The van der Waals surface area contributed by atoms with Crippen molar-refractivity contribution in [1.29, 1.82) is 0 Å². The minimum atomic E-state index is -0.357. The molecule has 0 saturated carbocycles. The lowest BCUT2D eigenvalue weighted by Gasteiger charge is -2.36. The van der Waals surface area contributed by atoms with Crippen LogP contribution in [0, 0.1) is 0 Å². The number of hydrogen-bond acceptors (Lipinski definition) is 18. The van der Waals surface area contributed by atoms with Gasteiger partial charge in [-0.05, 0) is 44.7 Å². The number of methoxy groups -OCH3 is 1. The van der Waals surface area contributed by atoms with Gasteiger partial charge in [-0.15, -0.1) is 0 Å². The van der Waals surface area contributed by atoms with E-state index in [-0.39, 0.29) is 18.6 Å². The monoisotopic (exact) mass is 904 g/mol. The highest BCUT2D eigenvalue weighted by molar-refractivity contribution is 5.81. The topological polar surface area (TPSA) is 191 Å². The van der Waals surface area contributed by atoms with Crippen molar-refractivity contribution in [3.8, 4) is 5.88 Å². The van der Waals surface area contributed by atoms with Gasteiger partial charge in [0.1, 0.15) is 18.2 Å². The average Bonchev–Trinajstić information content (AvgIpc) is 3.74. The number of aryl methyl sites for hydroxylation is 1. The highest BCUT2D eigenvalue weighted by atomic mass is 16.6. The summed E-state index contributed by atoms with van der Waals surface area (Å²) in [5.74, 6) is 1.97. The predicted molar refractivity (Wildman–Crippen MR) is 241 cm³/mol. The van der Waals surface area contributed by atoms with E-state index in [0.717, 1.165) is 67.2 Å². The first-order valence-corrected chi connectivity index (χ1v) is 22.6. The lowest BCUT2D eigenvalue weighted by atomic mass is 9.99. The number of aliphatic hydroxyl groups excluding tert-OH is 1. The van der Waals surface area contributed by atoms with Crippen LogP contribution in [0.15, 0.2) is 42.7 Å². The predicted octanol–water partition coefficient (Wildman–Crippen LogP) is 3.21. The minimum Gasteiger partial charge on any atom is -0.475 e. The molecule has 1 saturated heterocycles. The quantitative estimate of drug-likeness (QED) is 0.0484. The SMILES string of the molecule is CCc1cnn2c(NCc3ccc(OCCOCCOCCOCCOCCOCCOCCOCCOCCN(C)C/C=C/C(=O)OC)nc3)cc(N3CCCC[C@H]3CCO)nc12. The van der Waals surface area contributed by atoms with Gasteiger partial charge in [-0.25, -0.2) is 14.8 Å². The van der Waals surface area contributed by atoms with Crippen LogP contribution >= 0.6 is 0 Å². The highest BCUT2D eigenvalue weighted by Gasteiger charge is 2.25. The molecule has 0 bridgehead atoms. The molecule has 2 N–H and O–H groups in total. The van der Waals surface area contributed by atoms with Crippen LogP contribution < -0.4 is 15.0 Å². The summed E-state index contributed by atoms with van der Waals surface area (Å²) in [5, 5.41) is 17.8. The molecule has 1 aliphatic rings. The summed E-state index contributed by atoms with van der Waals surface area (Å²) >= 11 is 0. The Kier molecular flexibility index (Phi) is 27.5. The van der Waals surface area contributed by atoms with E-state index in [4.69, 9.17) is 47.6 Å². The van der Waals surface area contributed by atoms with Crippen molar-refractivity contribution in [2.45, 2.75) is 51.6 Å². The second-order valence-electron chi connectivity index (χ2n) is 14.9. The molecular formula is C45H73N7O12. The number of nitrogens with zero attached hydrogens (tertiary/aromatic N) is 6. The van der Waals surface area contributed by atoms with Crippen molar-refractivity contribution in [2.24, 2.45) is 0 Å². The third-order valence-electron chi connectivity index (χ3n) is 10.1. The smallest absolute Gasteiger partial charge is 0.330 e. The van der Waals surface area contributed by atoms with Gasteiger partial charge >= 0.3 is 5.97 Å². The van der Waals surface area contributed by atoms with Crippen molar-refractivity contribution in [2.75, 3.05) is 163 Å². The molecule has 1 aliphatic heterocycles. The molecule has 19 heteroatoms. The number of aliphatic hydroxyl groups is 1. The van der Waals surface area contributed by atoms with E-state index >= 15 is 0 Å². The Bertz CT molecular complexity index is 1680. The van der Waals surface area contributed by atoms with Gasteiger partial charge in [-0.2, -0.15) is 9.61 Å². The largest absolute Gasteiger partial charge is 0.475 e. The Hall–Kier alpha value is -4.02. The number of pyridine rings is 1. The molecule has 0 aromatic carbocycles. The van der Waals surface area contributed by atoms with Gasteiger partial charge in [-0.1, -0.05) is 19.1 Å². The summed E-state index contributed by atoms with van der Waals surface area (Å²) in [6, 6.07) is 6.21. The molecule has 4 heterocycles. The lowest BCUT2D eigenvalue weighted by molar-refractivity contribution is -0.134. The Balaban J connectivity index is 0.900. The van der Waals surface area contributed by atoms with E-state index in [1.165, 1.54) is 19.6 Å². The molecular weight excluding hydrogens is 831 g/mol. The van der Waals surface area contributed by atoms with Gasteiger partial charge in [0.2, 0.25) is 5.88 Å². The molecule has 0 unspecified atom stereocenters. The second kappa shape index (κ2) is 33.5. The van der Waals surface area contributed by atoms with Crippen LogP contribution in [0.25, 0.3) is 5.65 Å². The third-order valence-corrected chi connectivity index (χ3v) is 10.1. The van der Waals surface area contributed by atoms with Crippen LogP contribution in [-0.4, -0.2) is 194 Å². The summed E-state index contributed by atoms with van der Waals surface area (Å²) in [4.78, 5) is 25.0. The summed E-state index contributed by atoms with van der Waals surface area (Å²) in [5.41, 5.74) is 2.96. The normalized spacial score (nSPS) is 14.3. The zero-order valence-electron chi connectivity index (χ0n) is 38.3. The van der Waals surface area contributed by atoms with Gasteiger partial charge < -0.3 is 67.6 Å². The number of anilines is 2. The molecule has 0 amide bonds. The molecule has 3 aromatic heterocycles. The van der Waals surface area contributed by atoms with Gasteiger partial charge in [0.25, 0.3) is 0 Å². The van der Waals surface area contributed by atoms with E-state index in [1.54, 1.807) is 6.08 Å². The minimum absolute atomic E-state index is 0.172. The van der Waals surface area contributed by atoms with E-state index in [0.29, 0.717) is 131 Å². The molecule has 64 heavy (non-hydrogen) atoms. The number of rotatable bonds is 38.